The van der Waals surface area contributed by atoms with E-state index in [0.717, 1.165) is 27.1 Å². The molecule has 0 aromatic heterocycles. The number of fused-ring (bicyclic) bond motifs is 1. The second kappa shape index (κ2) is 6.27. The Morgan fingerprint density at radius 2 is 2.26 bits per heavy atom. The third-order valence-electron chi connectivity index (χ3n) is 2.91. The Morgan fingerprint density at radius 1 is 1.53 bits per heavy atom. The summed E-state index contributed by atoms with van der Waals surface area (Å²) in [7, 11) is 0. The number of benzene rings is 1. The Balaban J connectivity index is 2.30. The van der Waals surface area contributed by atoms with Gasteiger partial charge in [0.25, 0.3) is 0 Å². The molecule has 1 N–H and O–H groups in total. The first-order valence-corrected chi connectivity index (χ1v) is 7.71. The van der Waals surface area contributed by atoms with Crippen molar-refractivity contribution in [2.75, 3.05) is 11.9 Å². The molecule has 102 valence electrons. The predicted molar refractivity (Wildman–Crippen MR) is 89.1 cm³/mol. The maximum Gasteiger partial charge on any atom is 0.0978 e. The lowest BCUT2D eigenvalue weighted by Crippen LogP contribution is -2.35. The van der Waals surface area contributed by atoms with Crippen molar-refractivity contribution in [1.29, 1.82) is 0 Å². The third kappa shape index (κ3) is 3.72. The van der Waals surface area contributed by atoms with Gasteiger partial charge in [-0.3, -0.25) is 0 Å². The van der Waals surface area contributed by atoms with Crippen molar-refractivity contribution in [3.8, 4) is 0 Å². The van der Waals surface area contributed by atoms with E-state index in [0.29, 0.717) is 0 Å². The maximum atomic E-state index is 6.07. The summed E-state index contributed by atoms with van der Waals surface area (Å²) in [6, 6.07) is 6.02. The van der Waals surface area contributed by atoms with Crippen LogP contribution in [0.1, 0.15) is 20.8 Å². The summed E-state index contributed by atoms with van der Waals surface area (Å²) in [6.07, 6.45) is 2.21. The van der Waals surface area contributed by atoms with E-state index in [4.69, 9.17) is 23.8 Å². The molecule has 0 amide bonds. The number of hydrogen-bond donors (Lipinski definition) is 1. The van der Waals surface area contributed by atoms with Crippen molar-refractivity contribution >= 4 is 46.4 Å². The first kappa shape index (κ1) is 14.9. The lowest BCUT2D eigenvalue weighted by atomic mass is 10.2. The van der Waals surface area contributed by atoms with Crippen LogP contribution in [0, 0.1) is 0 Å². The van der Waals surface area contributed by atoms with Gasteiger partial charge in [0.1, 0.15) is 0 Å². The second-order valence-corrected chi connectivity index (χ2v) is 6.75. The molecule has 1 atom stereocenters. The van der Waals surface area contributed by atoms with Gasteiger partial charge >= 0.3 is 0 Å². The summed E-state index contributed by atoms with van der Waals surface area (Å²) in [6.45, 7) is 7.19. The molecule has 1 aromatic carbocycles. The minimum atomic E-state index is 0.182. The SMILES string of the molecule is CC(C)=CCN1Sc2cc(Cl)ccc2NC(=S)C1C. The van der Waals surface area contributed by atoms with Gasteiger partial charge in [-0.2, -0.15) is 0 Å². The first-order chi connectivity index (χ1) is 8.97. The fourth-order valence-corrected chi connectivity index (χ4v) is 3.32. The summed E-state index contributed by atoms with van der Waals surface area (Å²) < 4.78 is 2.27. The highest BCUT2D eigenvalue weighted by atomic mass is 35.5. The Labute approximate surface area is 129 Å². The number of nitrogens with one attached hydrogen (secondary N) is 1. The van der Waals surface area contributed by atoms with E-state index in [-0.39, 0.29) is 6.04 Å². The fraction of sp³-hybridized carbons (Fsp3) is 0.357. The molecule has 0 bridgehead atoms. The summed E-state index contributed by atoms with van der Waals surface area (Å²) in [5.41, 5.74) is 2.34. The molecule has 0 spiro atoms. The largest absolute Gasteiger partial charge is 0.348 e. The summed E-state index contributed by atoms with van der Waals surface area (Å²) in [5.74, 6) is 0. The lowest BCUT2D eigenvalue weighted by Gasteiger charge is -2.24. The van der Waals surface area contributed by atoms with Crippen LogP contribution in [0.15, 0.2) is 34.7 Å². The molecule has 19 heavy (non-hydrogen) atoms. The molecule has 2 nitrogen and oxygen atoms in total. The van der Waals surface area contributed by atoms with Crippen LogP contribution in [-0.2, 0) is 0 Å². The molecule has 1 aliphatic heterocycles. The highest BCUT2D eigenvalue weighted by Crippen LogP contribution is 2.36. The molecule has 1 unspecified atom stereocenters. The van der Waals surface area contributed by atoms with Gasteiger partial charge in [0.15, 0.2) is 0 Å². The van der Waals surface area contributed by atoms with E-state index < -0.39 is 0 Å². The van der Waals surface area contributed by atoms with E-state index in [1.165, 1.54) is 5.57 Å². The minimum Gasteiger partial charge on any atom is -0.348 e. The number of anilines is 1. The van der Waals surface area contributed by atoms with E-state index in [1.54, 1.807) is 11.9 Å². The van der Waals surface area contributed by atoms with Gasteiger partial charge in [0, 0.05) is 16.5 Å². The van der Waals surface area contributed by atoms with Crippen LogP contribution in [0.2, 0.25) is 5.02 Å². The molecule has 0 fully saturated rings. The van der Waals surface area contributed by atoms with Crippen LogP contribution >= 0.6 is 35.8 Å². The topological polar surface area (TPSA) is 15.3 Å². The lowest BCUT2D eigenvalue weighted by molar-refractivity contribution is 0.493. The van der Waals surface area contributed by atoms with Crippen molar-refractivity contribution in [2.45, 2.75) is 31.7 Å². The molecule has 0 saturated carbocycles. The molecule has 1 heterocycles. The van der Waals surface area contributed by atoms with Crippen LogP contribution in [0.4, 0.5) is 5.69 Å². The molecular formula is C14H17ClN2S2. The molecule has 0 saturated heterocycles. The van der Waals surface area contributed by atoms with Gasteiger partial charge in [-0.25, -0.2) is 4.31 Å². The summed E-state index contributed by atoms with van der Waals surface area (Å²) in [5, 5.41) is 4.05. The van der Waals surface area contributed by atoms with E-state index >= 15 is 0 Å². The Hall–Kier alpha value is -0.550. The van der Waals surface area contributed by atoms with Crippen molar-refractivity contribution in [1.82, 2.24) is 4.31 Å². The van der Waals surface area contributed by atoms with Crippen LogP contribution in [0.3, 0.4) is 0 Å². The van der Waals surface area contributed by atoms with Gasteiger partial charge in [0.2, 0.25) is 0 Å². The van der Waals surface area contributed by atoms with Crippen LogP contribution in [0.25, 0.3) is 0 Å². The van der Waals surface area contributed by atoms with Crippen molar-refractivity contribution in [3.05, 3.63) is 34.9 Å². The van der Waals surface area contributed by atoms with Crippen LogP contribution < -0.4 is 5.32 Å². The van der Waals surface area contributed by atoms with Crippen LogP contribution in [0.5, 0.6) is 0 Å². The molecule has 0 radical (unpaired) electrons. The minimum absolute atomic E-state index is 0.182. The number of thiocarbonyl (C=S) groups is 1. The highest BCUT2D eigenvalue weighted by molar-refractivity contribution is 7.97. The standard InChI is InChI=1S/C14H17ClN2S2/c1-9(2)6-7-17-10(3)14(18)16-12-5-4-11(15)8-13(12)19-17/h4-6,8,10H,7H2,1-3H3,(H,16,18). The van der Waals surface area contributed by atoms with E-state index in [9.17, 15) is 0 Å². The Kier molecular flexibility index (Phi) is 4.90. The predicted octanol–water partition coefficient (Wildman–Crippen LogP) is 4.76. The van der Waals surface area contributed by atoms with Gasteiger partial charge in [-0.15, -0.1) is 0 Å². The van der Waals surface area contributed by atoms with Crippen molar-refractivity contribution in [3.63, 3.8) is 0 Å². The molecular weight excluding hydrogens is 296 g/mol. The quantitative estimate of drug-likeness (QED) is 0.481. The number of halogens is 1. The monoisotopic (exact) mass is 312 g/mol. The molecule has 1 aromatic rings. The van der Waals surface area contributed by atoms with Gasteiger partial charge in [-0.1, -0.05) is 35.5 Å². The first-order valence-electron chi connectivity index (χ1n) is 6.16. The zero-order valence-corrected chi connectivity index (χ0v) is 13.6. The van der Waals surface area contributed by atoms with E-state index in [2.05, 4.69) is 36.5 Å². The number of allylic oxidation sites excluding steroid dienone is 1. The molecule has 1 aliphatic rings. The zero-order chi connectivity index (χ0) is 14.0. The third-order valence-corrected chi connectivity index (χ3v) is 4.82. The molecule has 5 heteroatoms. The number of nitrogens with zero attached hydrogens (tertiary/aromatic N) is 1. The number of rotatable bonds is 2. The summed E-state index contributed by atoms with van der Waals surface area (Å²) >= 11 is 13.2. The Morgan fingerprint density at radius 3 is 2.95 bits per heavy atom. The maximum absolute atomic E-state index is 6.07. The van der Waals surface area contributed by atoms with Gasteiger partial charge in [-0.05, 0) is 50.9 Å². The average molecular weight is 313 g/mol. The highest BCUT2D eigenvalue weighted by Gasteiger charge is 2.24. The van der Waals surface area contributed by atoms with Gasteiger partial charge < -0.3 is 5.32 Å². The summed E-state index contributed by atoms with van der Waals surface area (Å²) in [4.78, 5) is 1.96. The van der Waals surface area contributed by atoms with Crippen LogP contribution in [-0.4, -0.2) is 21.9 Å². The average Bonchev–Trinajstić information content (AvgIpc) is 2.46. The molecule has 0 aliphatic carbocycles. The van der Waals surface area contributed by atoms with Gasteiger partial charge in [0.05, 0.1) is 16.7 Å². The second-order valence-electron chi connectivity index (χ2n) is 4.78. The fourth-order valence-electron chi connectivity index (χ4n) is 1.72. The van der Waals surface area contributed by atoms with E-state index in [1.807, 2.05) is 18.2 Å². The van der Waals surface area contributed by atoms with Crippen molar-refractivity contribution < 1.29 is 0 Å². The molecule has 2 rings (SSSR count). The zero-order valence-electron chi connectivity index (χ0n) is 11.2. The normalized spacial score (nSPS) is 19.4. The van der Waals surface area contributed by atoms with Crippen molar-refractivity contribution in [2.24, 2.45) is 0 Å². The smallest absolute Gasteiger partial charge is 0.0978 e. The number of hydrogen-bond acceptors (Lipinski definition) is 3. The Bertz CT molecular complexity index is 524.